The minimum Gasteiger partial charge on any atom is -0.366 e. The average molecular weight is 207 g/mol. The summed E-state index contributed by atoms with van der Waals surface area (Å²) >= 11 is 0. The van der Waals surface area contributed by atoms with E-state index in [1.165, 1.54) is 11.3 Å². The van der Waals surface area contributed by atoms with Crippen molar-refractivity contribution in [1.82, 2.24) is 4.90 Å². The predicted octanol–water partition coefficient (Wildman–Crippen LogP) is 3.98. The summed E-state index contributed by atoms with van der Waals surface area (Å²) in [6.45, 7) is 16.9. The van der Waals surface area contributed by atoms with Crippen molar-refractivity contribution in [1.29, 1.82) is 0 Å². The minimum absolute atomic E-state index is 0.205. The molecule has 1 rings (SSSR count). The van der Waals surface area contributed by atoms with Gasteiger partial charge in [-0.3, -0.25) is 0 Å². The Hall–Kier alpha value is -0.720. The zero-order chi connectivity index (χ0) is 11.9. The molecule has 1 aliphatic heterocycles. The Labute approximate surface area is 94.9 Å². The molecule has 0 saturated carbocycles. The van der Waals surface area contributed by atoms with Crippen molar-refractivity contribution in [2.45, 2.75) is 54.0 Å². The largest absolute Gasteiger partial charge is 0.366 e. The molecule has 0 atom stereocenters. The van der Waals surface area contributed by atoms with Crippen LogP contribution in [-0.4, -0.2) is 17.0 Å². The SMILES string of the molecule is CC1=CCN(C(C)(C)C)C(C(C)(C)C)=C1. The zero-order valence-corrected chi connectivity index (χ0v) is 11.3. The first kappa shape index (κ1) is 12.4. The van der Waals surface area contributed by atoms with Gasteiger partial charge in [-0.05, 0) is 33.8 Å². The van der Waals surface area contributed by atoms with E-state index < -0.39 is 0 Å². The summed E-state index contributed by atoms with van der Waals surface area (Å²) in [6, 6.07) is 0. The minimum atomic E-state index is 0.205. The van der Waals surface area contributed by atoms with E-state index in [4.69, 9.17) is 0 Å². The summed E-state index contributed by atoms with van der Waals surface area (Å²) in [5.74, 6) is 0. The van der Waals surface area contributed by atoms with E-state index in [1.807, 2.05) is 0 Å². The molecule has 0 aromatic heterocycles. The second-order valence-corrected chi connectivity index (χ2v) is 6.51. The summed E-state index contributed by atoms with van der Waals surface area (Å²) < 4.78 is 0. The van der Waals surface area contributed by atoms with Crippen molar-refractivity contribution in [3.63, 3.8) is 0 Å². The molecule has 0 spiro atoms. The van der Waals surface area contributed by atoms with E-state index in [0.29, 0.717) is 0 Å². The van der Waals surface area contributed by atoms with Gasteiger partial charge in [-0.15, -0.1) is 0 Å². The fraction of sp³-hybridized carbons (Fsp3) is 0.714. The standard InChI is InChI=1S/C14H25N/c1-11-8-9-15(14(5,6)7)12(10-11)13(2,3)4/h8,10H,9H2,1-7H3. The quantitative estimate of drug-likeness (QED) is 0.581. The number of hydrogen-bond acceptors (Lipinski definition) is 1. The lowest BCUT2D eigenvalue weighted by Gasteiger charge is -2.45. The summed E-state index contributed by atoms with van der Waals surface area (Å²) in [5, 5.41) is 0. The van der Waals surface area contributed by atoms with Gasteiger partial charge in [0.1, 0.15) is 0 Å². The van der Waals surface area contributed by atoms with Gasteiger partial charge in [-0.25, -0.2) is 0 Å². The van der Waals surface area contributed by atoms with Gasteiger partial charge in [0, 0.05) is 23.2 Å². The topological polar surface area (TPSA) is 3.24 Å². The van der Waals surface area contributed by atoms with Crippen LogP contribution in [0.5, 0.6) is 0 Å². The second-order valence-electron chi connectivity index (χ2n) is 6.51. The Kier molecular flexibility index (Phi) is 3.04. The van der Waals surface area contributed by atoms with Crippen LogP contribution in [0.3, 0.4) is 0 Å². The van der Waals surface area contributed by atoms with Crippen LogP contribution in [0, 0.1) is 5.41 Å². The summed E-state index contributed by atoms with van der Waals surface area (Å²) in [6.07, 6.45) is 4.63. The van der Waals surface area contributed by atoms with Gasteiger partial charge in [0.15, 0.2) is 0 Å². The maximum Gasteiger partial charge on any atom is 0.0367 e. The summed E-state index contributed by atoms with van der Waals surface area (Å²) in [5.41, 5.74) is 3.27. The van der Waals surface area contributed by atoms with Gasteiger partial charge < -0.3 is 4.90 Å². The van der Waals surface area contributed by atoms with Crippen LogP contribution in [0.25, 0.3) is 0 Å². The molecule has 1 nitrogen and oxygen atoms in total. The third kappa shape index (κ3) is 2.87. The van der Waals surface area contributed by atoms with E-state index in [9.17, 15) is 0 Å². The molecule has 0 saturated heterocycles. The normalized spacial score (nSPS) is 18.7. The van der Waals surface area contributed by atoms with Gasteiger partial charge in [0.05, 0.1) is 0 Å². The van der Waals surface area contributed by atoms with Crippen molar-refractivity contribution in [2.75, 3.05) is 6.54 Å². The van der Waals surface area contributed by atoms with Crippen molar-refractivity contribution < 1.29 is 0 Å². The monoisotopic (exact) mass is 207 g/mol. The first-order chi connectivity index (χ1) is 6.62. The van der Waals surface area contributed by atoms with E-state index in [0.717, 1.165) is 6.54 Å². The highest BCUT2D eigenvalue weighted by atomic mass is 15.2. The van der Waals surface area contributed by atoms with Crippen LogP contribution in [0.2, 0.25) is 0 Å². The lowest BCUT2D eigenvalue weighted by molar-refractivity contribution is 0.161. The van der Waals surface area contributed by atoms with Crippen LogP contribution >= 0.6 is 0 Å². The molecule has 0 bridgehead atoms. The van der Waals surface area contributed by atoms with Gasteiger partial charge >= 0.3 is 0 Å². The van der Waals surface area contributed by atoms with Crippen LogP contribution < -0.4 is 0 Å². The zero-order valence-electron chi connectivity index (χ0n) is 11.3. The van der Waals surface area contributed by atoms with Gasteiger partial charge in [-0.1, -0.05) is 32.4 Å². The highest BCUT2D eigenvalue weighted by Gasteiger charge is 2.30. The lowest BCUT2D eigenvalue weighted by atomic mass is 9.85. The third-order valence-electron chi connectivity index (χ3n) is 2.83. The van der Waals surface area contributed by atoms with Gasteiger partial charge in [0.25, 0.3) is 0 Å². The molecule has 0 aromatic rings. The molecule has 0 aromatic carbocycles. The maximum atomic E-state index is 2.50. The van der Waals surface area contributed by atoms with Crippen molar-refractivity contribution in [3.8, 4) is 0 Å². The van der Waals surface area contributed by atoms with E-state index in [1.54, 1.807) is 0 Å². The molecule has 86 valence electrons. The van der Waals surface area contributed by atoms with Crippen LogP contribution in [-0.2, 0) is 0 Å². The molecule has 0 aliphatic carbocycles. The first-order valence-electron chi connectivity index (χ1n) is 5.79. The average Bonchev–Trinajstić information content (AvgIpc) is 2.00. The fourth-order valence-corrected chi connectivity index (χ4v) is 1.94. The van der Waals surface area contributed by atoms with Gasteiger partial charge in [0.2, 0.25) is 0 Å². The van der Waals surface area contributed by atoms with Crippen LogP contribution in [0.1, 0.15) is 48.5 Å². The molecule has 0 fully saturated rings. The number of hydrogen-bond donors (Lipinski definition) is 0. The van der Waals surface area contributed by atoms with Crippen molar-refractivity contribution in [2.24, 2.45) is 5.41 Å². The molecule has 15 heavy (non-hydrogen) atoms. The third-order valence-corrected chi connectivity index (χ3v) is 2.83. The van der Waals surface area contributed by atoms with E-state index in [-0.39, 0.29) is 11.0 Å². The van der Waals surface area contributed by atoms with Crippen molar-refractivity contribution >= 4 is 0 Å². The van der Waals surface area contributed by atoms with Gasteiger partial charge in [-0.2, -0.15) is 0 Å². The number of rotatable bonds is 0. The molecule has 0 radical (unpaired) electrons. The van der Waals surface area contributed by atoms with Crippen molar-refractivity contribution in [3.05, 3.63) is 23.4 Å². The highest BCUT2D eigenvalue weighted by molar-refractivity contribution is 5.30. The number of nitrogens with zero attached hydrogens (tertiary/aromatic N) is 1. The molecule has 1 heteroatoms. The highest BCUT2D eigenvalue weighted by Crippen LogP contribution is 2.35. The Morgan fingerprint density at radius 2 is 1.60 bits per heavy atom. The maximum absolute atomic E-state index is 2.50. The second kappa shape index (κ2) is 3.70. The van der Waals surface area contributed by atoms with Crippen LogP contribution in [0.4, 0.5) is 0 Å². The smallest absolute Gasteiger partial charge is 0.0367 e. The Morgan fingerprint density at radius 3 is 2.00 bits per heavy atom. The van der Waals surface area contributed by atoms with Crippen LogP contribution in [0.15, 0.2) is 23.4 Å². The first-order valence-corrected chi connectivity index (χ1v) is 5.79. The Balaban J connectivity index is 3.09. The fourth-order valence-electron chi connectivity index (χ4n) is 1.94. The Bertz CT molecular complexity index is 294. The molecule has 1 heterocycles. The molecule has 0 amide bonds. The van der Waals surface area contributed by atoms with E-state index in [2.05, 4.69) is 65.5 Å². The molecule has 0 N–H and O–H groups in total. The lowest BCUT2D eigenvalue weighted by Crippen LogP contribution is -2.45. The molecule has 0 unspecified atom stereocenters. The summed E-state index contributed by atoms with van der Waals surface area (Å²) in [7, 11) is 0. The molecular formula is C14H25N. The Morgan fingerprint density at radius 1 is 1.07 bits per heavy atom. The molecule has 1 aliphatic rings. The molecular weight excluding hydrogens is 182 g/mol. The summed E-state index contributed by atoms with van der Waals surface area (Å²) in [4.78, 5) is 2.50. The number of allylic oxidation sites excluding steroid dienone is 3. The van der Waals surface area contributed by atoms with E-state index >= 15 is 0 Å². The predicted molar refractivity (Wildman–Crippen MR) is 67.8 cm³/mol.